The van der Waals surface area contributed by atoms with Crippen LogP contribution >= 0.6 is 11.6 Å². The third-order valence-corrected chi connectivity index (χ3v) is 2.00. The van der Waals surface area contributed by atoms with E-state index in [-0.39, 0.29) is 11.3 Å². The molecular formula is C7H5ClN4O2. The zero-order chi connectivity index (χ0) is 10.3. The molecule has 0 aliphatic rings. The van der Waals surface area contributed by atoms with E-state index in [1.54, 1.807) is 13.0 Å². The van der Waals surface area contributed by atoms with Crippen LogP contribution in [0.2, 0.25) is 5.15 Å². The molecule has 6 nitrogen and oxygen atoms in total. The minimum atomic E-state index is -0.537. The Labute approximate surface area is 83.3 Å². The van der Waals surface area contributed by atoms with Crippen molar-refractivity contribution in [2.45, 2.75) is 6.92 Å². The van der Waals surface area contributed by atoms with E-state index in [1.165, 1.54) is 4.52 Å². The molecule has 2 aromatic rings. The molecule has 0 spiro atoms. The molecular weight excluding hydrogens is 208 g/mol. The molecule has 14 heavy (non-hydrogen) atoms. The summed E-state index contributed by atoms with van der Waals surface area (Å²) < 4.78 is 1.23. The molecule has 0 saturated heterocycles. The number of fused-ring (bicyclic) bond motifs is 1. The van der Waals surface area contributed by atoms with Crippen LogP contribution in [0.25, 0.3) is 5.65 Å². The quantitative estimate of drug-likeness (QED) is 0.409. The minimum Gasteiger partial charge on any atom is -0.258 e. The summed E-state index contributed by atoms with van der Waals surface area (Å²) in [6.07, 6.45) is 1.13. The lowest BCUT2D eigenvalue weighted by Gasteiger charge is -1.96. The maximum absolute atomic E-state index is 10.6. The number of nitrogens with zero attached hydrogens (tertiary/aromatic N) is 4. The SMILES string of the molecule is Cc1cc(Cl)n2ncc([N+](=O)[O-])c2n1. The summed E-state index contributed by atoms with van der Waals surface area (Å²) in [4.78, 5) is 14.0. The predicted molar refractivity (Wildman–Crippen MR) is 49.4 cm³/mol. The Morgan fingerprint density at radius 2 is 2.36 bits per heavy atom. The number of aryl methyl sites for hydroxylation is 1. The van der Waals surface area contributed by atoms with Crippen molar-refractivity contribution < 1.29 is 4.92 Å². The Hall–Kier alpha value is -1.69. The Morgan fingerprint density at radius 3 is 3.00 bits per heavy atom. The van der Waals surface area contributed by atoms with Gasteiger partial charge in [0.05, 0.1) is 4.92 Å². The molecule has 0 atom stereocenters. The monoisotopic (exact) mass is 212 g/mol. The second-order valence-corrected chi connectivity index (χ2v) is 3.13. The highest BCUT2D eigenvalue weighted by Gasteiger charge is 2.17. The summed E-state index contributed by atoms with van der Waals surface area (Å²) in [5, 5.41) is 14.6. The van der Waals surface area contributed by atoms with Gasteiger partial charge in [-0.1, -0.05) is 11.6 Å². The van der Waals surface area contributed by atoms with Gasteiger partial charge in [-0.05, 0) is 13.0 Å². The molecule has 7 heteroatoms. The highest BCUT2D eigenvalue weighted by atomic mass is 35.5. The first-order chi connectivity index (χ1) is 6.59. The van der Waals surface area contributed by atoms with E-state index in [0.29, 0.717) is 10.8 Å². The van der Waals surface area contributed by atoms with Crippen LogP contribution in [0.1, 0.15) is 5.69 Å². The van der Waals surface area contributed by atoms with E-state index in [2.05, 4.69) is 10.1 Å². The molecule has 0 saturated carbocycles. The molecule has 0 aliphatic carbocycles. The van der Waals surface area contributed by atoms with Crippen LogP contribution in [0.15, 0.2) is 12.3 Å². The van der Waals surface area contributed by atoms with Crippen LogP contribution in [-0.2, 0) is 0 Å². The van der Waals surface area contributed by atoms with E-state index >= 15 is 0 Å². The molecule has 0 aliphatic heterocycles. The standard InChI is InChI=1S/C7H5ClN4O2/c1-4-2-6(8)11-7(10-4)5(3-9-11)12(13)14/h2-3H,1H3. The Morgan fingerprint density at radius 1 is 1.64 bits per heavy atom. The van der Waals surface area contributed by atoms with Gasteiger partial charge in [-0.25, -0.2) is 4.98 Å². The van der Waals surface area contributed by atoms with Crippen LogP contribution in [-0.4, -0.2) is 19.5 Å². The third-order valence-electron chi connectivity index (χ3n) is 1.73. The maximum atomic E-state index is 10.6. The van der Waals surface area contributed by atoms with E-state index in [9.17, 15) is 10.1 Å². The molecule has 0 unspecified atom stereocenters. The number of aromatic nitrogens is 3. The molecule has 2 aromatic heterocycles. The molecule has 0 aromatic carbocycles. The van der Waals surface area contributed by atoms with E-state index in [0.717, 1.165) is 6.20 Å². The van der Waals surface area contributed by atoms with Gasteiger partial charge < -0.3 is 0 Å². The molecule has 0 bridgehead atoms. The second-order valence-electron chi connectivity index (χ2n) is 2.74. The van der Waals surface area contributed by atoms with E-state index < -0.39 is 4.92 Å². The lowest BCUT2D eigenvalue weighted by atomic mass is 10.4. The first-order valence-electron chi connectivity index (χ1n) is 3.75. The molecule has 0 fully saturated rings. The minimum absolute atomic E-state index is 0.143. The lowest BCUT2D eigenvalue weighted by molar-refractivity contribution is -0.383. The van der Waals surface area contributed by atoms with Crippen molar-refractivity contribution in [3.05, 3.63) is 33.2 Å². The summed E-state index contributed by atoms with van der Waals surface area (Å²) in [6, 6.07) is 1.59. The van der Waals surface area contributed by atoms with Gasteiger partial charge in [-0.15, -0.1) is 0 Å². The number of hydrogen-bond donors (Lipinski definition) is 0. The van der Waals surface area contributed by atoms with Crippen LogP contribution in [0.5, 0.6) is 0 Å². The maximum Gasteiger partial charge on any atom is 0.333 e. The van der Waals surface area contributed by atoms with Gasteiger partial charge in [-0.3, -0.25) is 10.1 Å². The normalized spacial score (nSPS) is 10.7. The van der Waals surface area contributed by atoms with Crippen molar-refractivity contribution >= 4 is 22.9 Å². The Kier molecular flexibility index (Phi) is 1.85. The van der Waals surface area contributed by atoms with Crippen molar-refractivity contribution in [3.8, 4) is 0 Å². The lowest BCUT2D eigenvalue weighted by Crippen LogP contribution is -1.95. The Balaban J connectivity index is 2.85. The molecule has 0 amide bonds. The summed E-state index contributed by atoms with van der Waals surface area (Å²) in [7, 11) is 0. The van der Waals surface area contributed by atoms with Gasteiger partial charge >= 0.3 is 5.69 Å². The number of hydrogen-bond acceptors (Lipinski definition) is 4. The molecule has 0 N–H and O–H groups in total. The molecule has 2 rings (SSSR count). The Bertz CT molecular complexity index is 522. The van der Waals surface area contributed by atoms with Gasteiger partial charge in [0, 0.05) is 5.69 Å². The number of rotatable bonds is 1. The fourth-order valence-corrected chi connectivity index (χ4v) is 1.44. The van der Waals surface area contributed by atoms with Gasteiger partial charge in [0.2, 0.25) is 5.65 Å². The van der Waals surface area contributed by atoms with E-state index in [1.807, 2.05) is 0 Å². The fraction of sp³-hybridized carbons (Fsp3) is 0.143. The van der Waals surface area contributed by atoms with Crippen molar-refractivity contribution in [1.29, 1.82) is 0 Å². The molecule has 2 heterocycles. The summed E-state index contributed by atoms with van der Waals surface area (Å²) in [5.41, 5.74) is 0.640. The van der Waals surface area contributed by atoms with Gasteiger partial charge in [0.1, 0.15) is 11.3 Å². The molecule has 72 valence electrons. The zero-order valence-corrected chi connectivity index (χ0v) is 7.89. The zero-order valence-electron chi connectivity index (χ0n) is 7.14. The average Bonchev–Trinajstić information content (AvgIpc) is 2.47. The highest BCUT2D eigenvalue weighted by Crippen LogP contribution is 2.20. The van der Waals surface area contributed by atoms with Gasteiger partial charge in [0.15, 0.2) is 0 Å². The second kappa shape index (κ2) is 2.91. The largest absolute Gasteiger partial charge is 0.333 e. The van der Waals surface area contributed by atoms with Crippen LogP contribution in [0, 0.1) is 17.0 Å². The van der Waals surface area contributed by atoms with Crippen molar-refractivity contribution in [2.24, 2.45) is 0 Å². The predicted octanol–water partition coefficient (Wildman–Crippen LogP) is 1.60. The van der Waals surface area contributed by atoms with Crippen molar-refractivity contribution in [1.82, 2.24) is 14.6 Å². The summed E-state index contributed by atoms with van der Waals surface area (Å²) in [6.45, 7) is 1.71. The number of nitro groups is 1. The summed E-state index contributed by atoms with van der Waals surface area (Å²) >= 11 is 5.82. The van der Waals surface area contributed by atoms with Crippen LogP contribution in [0.3, 0.4) is 0 Å². The summed E-state index contributed by atoms with van der Waals surface area (Å²) in [5.74, 6) is 0. The fourth-order valence-electron chi connectivity index (χ4n) is 1.16. The average molecular weight is 213 g/mol. The highest BCUT2D eigenvalue weighted by molar-refractivity contribution is 6.29. The first-order valence-corrected chi connectivity index (χ1v) is 4.12. The third kappa shape index (κ3) is 1.20. The van der Waals surface area contributed by atoms with Crippen molar-refractivity contribution in [2.75, 3.05) is 0 Å². The van der Waals surface area contributed by atoms with Gasteiger partial charge in [0.25, 0.3) is 0 Å². The van der Waals surface area contributed by atoms with E-state index in [4.69, 9.17) is 11.6 Å². The topological polar surface area (TPSA) is 73.3 Å². The van der Waals surface area contributed by atoms with Crippen LogP contribution in [0.4, 0.5) is 5.69 Å². The first kappa shape index (κ1) is 8.89. The smallest absolute Gasteiger partial charge is 0.258 e. The molecule has 0 radical (unpaired) electrons. The van der Waals surface area contributed by atoms with Crippen LogP contribution < -0.4 is 0 Å². The number of halogens is 1. The van der Waals surface area contributed by atoms with Crippen molar-refractivity contribution in [3.63, 3.8) is 0 Å². The van der Waals surface area contributed by atoms with Gasteiger partial charge in [-0.2, -0.15) is 9.61 Å².